The highest BCUT2D eigenvalue weighted by atomic mass is 32.1. The fourth-order valence-electron chi connectivity index (χ4n) is 2.33. The van der Waals surface area contributed by atoms with Crippen LogP contribution < -0.4 is 0 Å². The van der Waals surface area contributed by atoms with Gasteiger partial charge in [-0.1, -0.05) is 13.8 Å². The molecule has 3 rings (SSSR count). The molecule has 0 spiro atoms. The molecule has 2 aromatic heterocycles. The number of nitrogens with zero attached hydrogens (tertiary/aromatic N) is 2. The highest BCUT2D eigenvalue weighted by molar-refractivity contribution is 7.14. The molecule has 0 saturated carbocycles. The molecule has 0 aliphatic carbocycles. The van der Waals surface area contributed by atoms with Crippen LogP contribution in [0.25, 0.3) is 10.6 Å². The Morgan fingerprint density at radius 1 is 1.42 bits per heavy atom. The third kappa shape index (κ3) is 2.60. The smallest absolute Gasteiger partial charge is 0.124 e. The summed E-state index contributed by atoms with van der Waals surface area (Å²) in [7, 11) is 0. The first kappa shape index (κ1) is 13.2. The van der Waals surface area contributed by atoms with Crippen molar-refractivity contribution < 1.29 is 5.11 Å². The first-order valence-electron chi connectivity index (χ1n) is 6.48. The summed E-state index contributed by atoms with van der Waals surface area (Å²) < 4.78 is 0. The number of aromatic nitrogens is 1. The third-order valence-electron chi connectivity index (χ3n) is 3.77. The minimum absolute atomic E-state index is 0.320. The summed E-state index contributed by atoms with van der Waals surface area (Å²) >= 11 is 3.40. The molecular formula is C14H18N2OS2. The van der Waals surface area contributed by atoms with Gasteiger partial charge < -0.3 is 5.11 Å². The van der Waals surface area contributed by atoms with Crippen LogP contribution >= 0.6 is 22.7 Å². The molecule has 0 bridgehead atoms. The lowest BCUT2D eigenvalue weighted by molar-refractivity contribution is -0.131. The van der Waals surface area contributed by atoms with Gasteiger partial charge in [0.1, 0.15) is 5.01 Å². The monoisotopic (exact) mass is 294 g/mol. The van der Waals surface area contributed by atoms with E-state index < -0.39 is 5.60 Å². The number of hydrogen-bond donors (Lipinski definition) is 1. The summed E-state index contributed by atoms with van der Waals surface area (Å²) in [5, 5.41) is 17.7. The maximum atomic E-state index is 10.2. The Morgan fingerprint density at radius 3 is 2.84 bits per heavy atom. The summed E-state index contributed by atoms with van der Waals surface area (Å²) in [6.07, 6.45) is 0. The zero-order valence-electron chi connectivity index (χ0n) is 11.2. The predicted octanol–water partition coefficient (Wildman–Crippen LogP) is 3.07. The van der Waals surface area contributed by atoms with Gasteiger partial charge in [-0.3, -0.25) is 4.90 Å². The molecule has 1 N–H and O–H groups in total. The highest BCUT2D eigenvalue weighted by Crippen LogP contribution is 2.31. The first-order valence-corrected chi connectivity index (χ1v) is 8.31. The topological polar surface area (TPSA) is 36.4 Å². The molecule has 3 heterocycles. The molecular weight excluding hydrogens is 276 g/mol. The van der Waals surface area contributed by atoms with E-state index in [1.54, 1.807) is 22.7 Å². The van der Waals surface area contributed by atoms with Gasteiger partial charge in [0.25, 0.3) is 0 Å². The number of thiophene rings is 1. The van der Waals surface area contributed by atoms with Gasteiger partial charge in [0, 0.05) is 36.0 Å². The fourth-order valence-corrected chi connectivity index (χ4v) is 3.86. The second kappa shape index (κ2) is 4.98. The Kier molecular flexibility index (Phi) is 3.47. The Labute approximate surface area is 121 Å². The average Bonchev–Trinajstić information content (AvgIpc) is 2.96. The molecule has 102 valence electrons. The van der Waals surface area contributed by atoms with E-state index >= 15 is 0 Å². The van der Waals surface area contributed by atoms with E-state index in [2.05, 4.69) is 45.9 Å². The zero-order valence-corrected chi connectivity index (χ0v) is 12.8. The second-order valence-corrected chi connectivity index (χ2v) is 7.20. The lowest BCUT2D eigenvalue weighted by Gasteiger charge is -2.49. The summed E-state index contributed by atoms with van der Waals surface area (Å²) in [5.74, 6) is 0.320. The van der Waals surface area contributed by atoms with Crippen LogP contribution in [0.5, 0.6) is 0 Å². The quantitative estimate of drug-likeness (QED) is 0.941. The van der Waals surface area contributed by atoms with Gasteiger partial charge in [-0.05, 0) is 17.4 Å². The van der Waals surface area contributed by atoms with Gasteiger partial charge in [-0.25, -0.2) is 4.98 Å². The Bertz CT molecular complexity index is 542. The van der Waals surface area contributed by atoms with Crippen LogP contribution in [0.15, 0.2) is 22.2 Å². The van der Waals surface area contributed by atoms with Crippen molar-refractivity contribution >= 4 is 22.7 Å². The van der Waals surface area contributed by atoms with Crippen molar-refractivity contribution in [1.82, 2.24) is 9.88 Å². The van der Waals surface area contributed by atoms with Crippen LogP contribution in [0.2, 0.25) is 0 Å². The van der Waals surface area contributed by atoms with Crippen molar-refractivity contribution in [1.29, 1.82) is 0 Å². The van der Waals surface area contributed by atoms with Gasteiger partial charge in [-0.2, -0.15) is 11.3 Å². The summed E-state index contributed by atoms with van der Waals surface area (Å²) in [6, 6.07) is 2.11. The highest BCUT2D eigenvalue weighted by Gasteiger charge is 2.43. The number of β-amino-alcohol motifs (C(OH)–C–C–N with tert-alkyl or cyclic N) is 1. The zero-order chi connectivity index (χ0) is 13.5. The van der Waals surface area contributed by atoms with Crippen LogP contribution in [0.3, 0.4) is 0 Å². The Balaban J connectivity index is 1.61. The van der Waals surface area contributed by atoms with Crippen molar-refractivity contribution in [2.24, 2.45) is 5.92 Å². The molecule has 0 radical (unpaired) electrons. The molecule has 1 fully saturated rings. The Hall–Kier alpha value is -0.750. The van der Waals surface area contributed by atoms with Gasteiger partial charge in [0.15, 0.2) is 0 Å². The molecule has 0 amide bonds. The van der Waals surface area contributed by atoms with Crippen molar-refractivity contribution in [3.8, 4) is 10.6 Å². The number of aliphatic hydroxyl groups is 1. The molecule has 3 nitrogen and oxygen atoms in total. The number of rotatable bonds is 4. The maximum absolute atomic E-state index is 10.2. The maximum Gasteiger partial charge on any atom is 0.124 e. The molecule has 0 unspecified atom stereocenters. The fraction of sp³-hybridized carbons (Fsp3) is 0.500. The lowest BCUT2D eigenvalue weighted by Crippen LogP contribution is -2.63. The summed E-state index contributed by atoms with van der Waals surface area (Å²) in [5.41, 5.74) is 1.83. The van der Waals surface area contributed by atoms with Crippen molar-refractivity contribution in [2.75, 3.05) is 13.1 Å². The molecule has 1 aliphatic heterocycles. The first-order chi connectivity index (χ1) is 9.07. The SMILES string of the molecule is CC(C)C1(O)CN(Cc2csc(-c3ccsc3)n2)C1. The molecule has 1 saturated heterocycles. The summed E-state index contributed by atoms with van der Waals surface area (Å²) in [6.45, 7) is 6.52. The lowest BCUT2D eigenvalue weighted by atomic mass is 9.83. The van der Waals surface area contributed by atoms with Gasteiger partial charge in [-0.15, -0.1) is 11.3 Å². The van der Waals surface area contributed by atoms with E-state index in [1.165, 1.54) is 5.56 Å². The second-order valence-electron chi connectivity index (χ2n) is 5.56. The number of hydrogen-bond acceptors (Lipinski definition) is 5. The molecule has 19 heavy (non-hydrogen) atoms. The molecule has 0 aromatic carbocycles. The predicted molar refractivity (Wildman–Crippen MR) is 80.5 cm³/mol. The van der Waals surface area contributed by atoms with Crippen LogP contribution in [0.4, 0.5) is 0 Å². The van der Waals surface area contributed by atoms with E-state index in [1.807, 2.05) is 0 Å². The summed E-state index contributed by atoms with van der Waals surface area (Å²) in [4.78, 5) is 6.93. The van der Waals surface area contributed by atoms with E-state index in [4.69, 9.17) is 0 Å². The van der Waals surface area contributed by atoms with Crippen LogP contribution in [-0.4, -0.2) is 33.7 Å². The van der Waals surface area contributed by atoms with Crippen LogP contribution in [-0.2, 0) is 6.54 Å². The largest absolute Gasteiger partial charge is 0.387 e. The third-order valence-corrected chi connectivity index (χ3v) is 5.40. The molecule has 5 heteroatoms. The number of likely N-dealkylation sites (tertiary alicyclic amines) is 1. The van der Waals surface area contributed by atoms with E-state index in [0.717, 1.165) is 30.3 Å². The normalized spacial score (nSPS) is 18.7. The molecule has 1 aliphatic rings. The van der Waals surface area contributed by atoms with Crippen molar-refractivity contribution in [3.63, 3.8) is 0 Å². The number of thiazole rings is 1. The van der Waals surface area contributed by atoms with E-state index in [0.29, 0.717) is 5.92 Å². The molecule has 0 atom stereocenters. The van der Waals surface area contributed by atoms with Crippen LogP contribution in [0, 0.1) is 5.92 Å². The van der Waals surface area contributed by atoms with E-state index in [9.17, 15) is 5.11 Å². The van der Waals surface area contributed by atoms with Crippen molar-refractivity contribution in [3.05, 3.63) is 27.9 Å². The molecule has 2 aromatic rings. The van der Waals surface area contributed by atoms with Crippen molar-refractivity contribution in [2.45, 2.75) is 26.0 Å². The van der Waals surface area contributed by atoms with Gasteiger partial charge >= 0.3 is 0 Å². The van der Waals surface area contributed by atoms with Gasteiger partial charge in [0.05, 0.1) is 11.3 Å². The average molecular weight is 294 g/mol. The minimum Gasteiger partial charge on any atom is -0.387 e. The van der Waals surface area contributed by atoms with Crippen LogP contribution in [0.1, 0.15) is 19.5 Å². The van der Waals surface area contributed by atoms with E-state index in [-0.39, 0.29) is 0 Å². The Morgan fingerprint density at radius 2 is 2.21 bits per heavy atom. The van der Waals surface area contributed by atoms with Gasteiger partial charge in [0.2, 0.25) is 0 Å². The minimum atomic E-state index is -0.494. The standard InChI is InChI=1S/C14H18N2OS2/c1-10(2)14(17)8-16(9-14)5-12-7-19-13(15-12)11-3-4-18-6-11/h3-4,6-7,10,17H,5,8-9H2,1-2H3.